The number of fused-ring (bicyclic) bond motifs is 1. The highest BCUT2D eigenvalue weighted by molar-refractivity contribution is 8.38. The lowest BCUT2D eigenvalue weighted by molar-refractivity contribution is 1.24. The van der Waals surface area contributed by atoms with Crippen LogP contribution >= 0.6 is 21.6 Å². The molecule has 1 heterocycles. The first kappa shape index (κ1) is 14.9. The van der Waals surface area contributed by atoms with Crippen LogP contribution < -0.4 is 0 Å². The van der Waals surface area contributed by atoms with E-state index in [9.17, 15) is 0 Å². The molecule has 0 fully saturated rings. The van der Waals surface area contributed by atoms with Crippen molar-refractivity contribution < 1.29 is 0 Å². The van der Waals surface area contributed by atoms with Gasteiger partial charge in [-0.25, -0.2) is 0 Å². The monoisotopic (exact) mass is 338 g/mol. The summed E-state index contributed by atoms with van der Waals surface area (Å²) in [7, 11) is -0.777. The van der Waals surface area contributed by atoms with Gasteiger partial charge in [-0.15, -0.1) is 0 Å². The number of allylic oxidation sites excluding steroid dienone is 3. The van der Waals surface area contributed by atoms with Gasteiger partial charge < -0.3 is 0 Å². The molecule has 0 nitrogen and oxygen atoms in total. The number of rotatable bonds is 2. The van der Waals surface area contributed by atoms with E-state index < -0.39 is 10.0 Å². The maximum absolute atomic E-state index is 6.03. The van der Waals surface area contributed by atoms with Gasteiger partial charge in [-0.1, -0.05) is 48.0 Å². The zero-order chi connectivity index (χ0) is 16.0. The Morgan fingerprint density at radius 1 is 1.00 bits per heavy atom. The topological polar surface area (TPSA) is 0 Å². The molecule has 116 valence electrons. The van der Waals surface area contributed by atoms with Gasteiger partial charge in [-0.3, -0.25) is 0 Å². The first-order valence-electron chi connectivity index (χ1n) is 7.75. The van der Waals surface area contributed by atoms with Gasteiger partial charge in [-0.05, 0) is 81.4 Å². The predicted molar refractivity (Wildman–Crippen MR) is 105 cm³/mol. The zero-order valence-corrected chi connectivity index (χ0v) is 14.9. The molecule has 2 aromatic carbocycles. The molecule has 0 atom stereocenters. The van der Waals surface area contributed by atoms with E-state index in [1.165, 1.54) is 32.7 Å². The second-order valence-electron chi connectivity index (χ2n) is 6.50. The molecule has 0 radical (unpaired) electrons. The van der Waals surface area contributed by atoms with Crippen LogP contribution in [0.15, 0.2) is 70.5 Å². The van der Waals surface area contributed by atoms with Gasteiger partial charge in [0.1, 0.15) is 0 Å². The van der Waals surface area contributed by atoms with Gasteiger partial charge in [0.2, 0.25) is 0 Å². The Morgan fingerprint density at radius 3 is 2.48 bits per heavy atom. The predicted octanol–water partition coefficient (Wildman–Crippen LogP) is 6.42. The van der Waals surface area contributed by atoms with Gasteiger partial charge in [0.05, 0.1) is 0 Å². The van der Waals surface area contributed by atoms with E-state index in [-0.39, 0.29) is 0 Å². The van der Waals surface area contributed by atoms with Crippen LogP contribution in [0.4, 0.5) is 0 Å². The van der Waals surface area contributed by atoms with E-state index in [1.807, 2.05) is 12.1 Å². The highest BCUT2D eigenvalue weighted by Gasteiger charge is 2.25. The Kier molecular flexibility index (Phi) is 3.51. The Bertz CT molecular complexity index is 867. The first-order valence-corrected chi connectivity index (χ1v) is 10.6. The molecule has 23 heavy (non-hydrogen) atoms. The standard InChI is InChI=1S/C21H19ClS/c1-23(2)12-4-7-21(23)17-13-16-5-3-6-19(20(16)14-17)15-8-10-18(22)11-9-15/h3-12,14H,13H2,1-2H3. The van der Waals surface area contributed by atoms with Crippen molar-refractivity contribution in [2.45, 2.75) is 6.42 Å². The summed E-state index contributed by atoms with van der Waals surface area (Å²) in [6.45, 7) is 0. The van der Waals surface area contributed by atoms with E-state index in [1.54, 1.807) is 0 Å². The van der Waals surface area contributed by atoms with Crippen molar-refractivity contribution in [2.75, 3.05) is 12.5 Å². The molecule has 2 aliphatic rings. The van der Waals surface area contributed by atoms with E-state index in [0.29, 0.717) is 0 Å². The van der Waals surface area contributed by atoms with E-state index in [4.69, 9.17) is 11.6 Å². The summed E-state index contributed by atoms with van der Waals surface area (Å²) in [5.41, 5.74) is 6.80. The van der Waals surface area contributed by atoms with Crippen molar-refractivity contribution in [2.24, 2.45) is 0 Å². The summed E-state index contributed by atoms with van der Waals surface area (Å²) in [6.07, 6.45) is 12.7. The molecule has 4 rings (SSSR count). The van der Waals surface area contributed by atoms with Crippen LogP contribution in [0.3, 0.4) is 0 Å². The third-order valence-corrected chi connectivity index (χ3v) is 7.22. The Balaban J connectivity index is 1.78. The second kappa shape index (κ2) is 5.43. The molecular weight excluding hydrogens is 320 g/mol. The largest absolute Gasteiger partial charge is 0.200 e. The molecule has 0 saturated heterocycles. The van der Waals surface area contributed by atoms with Crippen LogP contribution in [0.5, 0.6) is 0 Å². The quantitative estimate of drug-likeness (QED) is 0.592. The van der Waals surface area contributed by atoms with Crippen LogP contribution in [-0.2, 0) is 6.42 Å². The number of hydrogen-bond donors (Lipinski definition) is 0. The van der Waals surface area contributed by atoms with Gasteiger partial charge in [0.25, 0.3) is 0 Å². The van der Waals surface area contributed by atoms with Crippen LogP contribution in [0.2, 0.25) is 5.02 Å². The lowest BCUT2D eigenvalue weighted by atomic mass is 9.97. The highest BCUT2D eigenvalue weighted by atomic mass is 35.5. The Morgan fingerprint density at radius 2 is 1.78 bits per heavy atom. The average molecular weight is 339 g/mol. The SMILES string of the molecule is CS1(C)C=CC=C1C1=Cc2c(cccc2-c2ccc(Cl)cc2)C1. The maximum atomic E-state index is 6.03. The fourth-order valence-corrected chi connectivity index (χ4v) is 5.40. The number of hydrogen-bond acceptors (Lipinski definition) is 0. The number of halogens is 1. The van der Waals surface area contributed by atoms with Crippen LogP contribution in [0.25, 0.3) is 17.2 Å². The fourth-order valence-electron chi connectivity index (χ4n) is 3.42. The van der Waals surface area contributed by atoms with Crippen molar-refractivity contribution in [1.29, 1.82) is 0 Å². The van der Waals surface area contributed by atoms with Crippen LogP contribution in [-0.4, -0.2) is 12.5 Å². The molecule has 0 saturated carbocycles. The van der Waals surface area contributed by atoms with Crippen LogP contribution in [0, 0.1) is 0 Å². The van der Waals surface area contributed by atoms with Gasteiger partial charge in [-0.2, -0.15) is 10.0 Å². The first-order chi connectivity index (χ1) is 11.0. The molecule has 1 aliphatic carbocycles. The lowest BCUT2D eigenvalue weighted by Crippen LogP contribution is -1.96. The minimum absolute atomic E-state index is 0.777. The summed E-state index contributed by atoms with van der Waals surface area (Å²) in [4.78, 5) is 1.52. The van der Waals surface area contributed by atoms with Crippen LogP contribution in [0.1, 0.15) is 11.1 Å². The van der Waals surface area contributed by atoms with Gasteiger partial charge >= 0.3 is 0 Å². The van der Waals surface area contributed by atoms with Crippen molar-refractivity contribution in [3.8, 4) is 11.1 Å². The number of benzene rings is 2. The summed E-state index contributed by atoms with van der Waals surface area (Å²) in [5.74, 6) is 0. The fraction of sp³-hybridized carbons (Fsp3) is 0.143. The molecule has 0 amide bonds. The molecular formula is C21H19ClS. The molecule has 0 unspecified atom stereocenters. The van der Waals surface area contributed by atoms with E-state index >= 15 is 0 Å². The lowest BCUT2D eigenvalue weighted by Gasteiger charge is -2.28. The highest BCUT2D eigenvalue weighted by Crippen LogP contribution is 2.58. The Labute approximate surface area is 144 Å². The third kappa shape index (κ3) is 2.58. The van der Waals surface area contributed by atoms with Crippen molar-refractivity contribution in [3.63, 3.8) is 0 Å². The summed E-state index contributed by atoms with van der Waals surface area (Å²) in [6, 6.07) is 14.8. The zero-order valence-electron chi connectivity index (χ0n) is 13.3. The van der Waals surface area contributed by atoms with Crippen molar-refractivity contribution in [1.82, 2.24) is 0 Å². The molecule has 1 aliphatic heterocycles. The minimum atomic E-state index is -0.777. The summed E-state index contributed by atoms with van der Waals surface area (Å²) < 4.78 is 0. The normalized spacial score (nSPS) is 19.3. The minimum Gasteiger partial charge on any atom is -0.200 e. The molecule has 2 heteroatoms. The molecule has 2 aromatic rings. The van der Waals surface area contributed by atoms with Crippen molar-refractivity contribution in [3.05, 3.63) is 86.7 Å². The van der Waals surface area contributed by atoms with Gasteiger partial charge in [0.15, 0.2) is 0 Å². The Hall–Kier alpha value is -1.70. The van der Waals surface area contributed by atoms with E-state index in [0.717, 1.165) is 11.4 Å². The molecule has 0 spiro atoms. The van der Waals surface area contributed by atoms with Crippen molar-refractivity contribution >= 4 is 27.7 Å². The second-order valence-corrected chi connectivity index (χ2v) is 10.5. The summed E-state index contributed by atoms with van der Waals surface area (Å²) in [5, 5.41) is 3.15. The molecule has 0 aromatic heterocycles. The van der Waals surface area contributed by atoms with Gasteiger partial charge in [0, 0.05) is 5.02 Å². The maximum Gasteiger partial charge on any atom is 0.0406 e. The van der Waals surface area contributed by atoms with E-state index in [2.05, 4.69) is 66.5 Å². The smallest absolute Gasteiger partial charge is 0.0406 e. The third-order valence-electron chi connectivity index (χ3n) is 4.60. The summed E-state index contributed by atoms with van der Waals surface area (Å²) >= 11 is 6.03. The molecule has 0 bridgehead atoms. The molecule has 0 N–H and O–H groups in total. The average Bonchev–Trinajstić information content (AvgIpc) is 3.10.